The van der Waals surface area contributed by atoms with E-state index >= 15 is 0 Å². The number of carbonyl (C=O) groups excluding carboxylic acids is 2. The molecular formula is C24H24F2N4O2. The molecule has 0 spiro atoms. The molecule has 0 radical (unpaired) electrons. The van der Waals surface area contributed by atoms with Crippen molar-refractivity contribution in [3.05, 3.63) is 65.0 Å². The summed E-state index contributed by atoms with van der Waals surface area (Å²) in [5, 5.41) is 2.67. The molecule has 2 amide bonds. The van der Waals surface area contributed by atoms with Gasteiger partial charge in [0.05, 0.1) is 11.0 Å². The second kappa shape index (κ2) is 8.33. The Morgan fingerprint density at radius 1 is 1.03 bits per heavy atom. The number of hydrogen-bond acceptors (Lipinski definition) is 3. The summed E-state index contributed by atoms with van der Waals surface area (Å²) < 4.78 is 28.6. The fourth-order valence-corrected chi connectivity index (χ4v) is 4.84. The average Bonchev–Trinajstić information content (AvgIpc) is 3.16. The van der Waals surface area contributed by atoms with Gasteiger partial charge in [-0.1, -0.05) is 19.3 Å². The van der Waals surface area contributed by atoms with Crippen molar-refractivity contribution in [3.8, 4) is 0 Å². The Morgan fingerprint density at radius 3 is 2.53 bits per heavy atom. The van der Waals surface area contributed by atoms with Gasteiger partial charge in [0.15, 0.2) is 5.82 Å². The number of halogens is 2. The van der Waals surface area contributed by atoms with Crippen molar-refractivity contribution in [1.29, 1.82) is 0 Å². The third kappa shape index (κ3) is 3.85. The molecule has 1 N–H and O–H groups in total. The summed E-state index contributed by atoms with van der Waals surface area (Å²) >= 11 is 0. The lowest BCUT2D eigenvalue weighted by molar-refractivity contribution is 0.0566. The highest BCUT2D eigenvalue weighted by molar-refractivity contribution is 6.00. The fraction of sp³-hybridized carbons (Fsp3) is 0.375. The number of rotatable bonds is 4. The summed E-state index contributed by atoms with van der Waals surface area (Å²) in [6, 6.07) is 8.57. The van der Waals surface area contributed by atoms with Crippen LogP contribution in [0.4, 0.5) is 8.78 Å². The maximum absolute atomic E-state index is 13.3. The molecule has 0 unspecified atom stereocenters. The van der Waals surface area contributed by atoms with E-state index in [0.29, 0.717) is 41.6 Å². The van der Waals surface area contributed by atoms with E-state index in [1.165, 1.54) is 18.6 Å². The van der Waals surface area contributed by atoms with Gasteiger partial charge in [0, 0.05) is 37.3 Å². The number of imidazole rings is 1. The molecule has 2 aromatic carbocycles. The lowest BCUT2D eigenvalue weighted by Gasteiger charge is -2.36. The Labute approximate surface area is 184 Å². The van der Waals surface area contributed by atoms with E-state index in [4.69, 9.17) is 0 Å². The van der Waals surface area contributed by atoms with Crippen molar-refractivity contribution in [3.63, 3.8) is 0 Å². The van der Waals surface area contributed by atoms with Crippen LogP contribution in [0.3, 0.4) is 0 Å². The lowest BCUT2D eigenvalue weighted by atomic mass is 9.94. The minimum Gasteiger partial charge on any atom is -0.348 e. The van der Waals surface area contributed by atoms with Crippen LogP contribution in [-0.2, 0) is 13.1 Å². The normalized spacial score (nSPS) is 16.9. The quantitative estimate of drug-likeness (QED) is 0.669. The number of hydrogen-bond donors (Lipinski definition) is 1. The molecule has 1 aromatic heterocycles. The molecule has 0 atom stereocenters. The van der Waals surface area contributed by atoms with E-state index in [0.717, 1.165) is 37.3 Å². The molecule has 1 saturated carbocycles. The smallest absolute Gasteiger partial charge is 0.290 e. The maximum atomic E-state index is 13.3. The first kappa shape index (κ1) is 20.6. The summed E-state index contributed by atoms with van der Waals surface area (Å²) in [6.45, 7) is 1.36. The van der Waals surface area contributed by atoms with Crippen LogP contribution >= 0.6 is 0 Å². The van der Waals surface area contributed by atoms with Gasteiger partial charge in [-0.15, -0.1) is 0 Å². The SMILES string of the molecule is O=C(NCc1cc(F)cc(F)c1)c1ccc2c(c1)nc1n2CCN(C2CCCCC2)C1=O. The van der Waals surface area contributed by atoms with Gasteiger partial charge in [-0.2, -0.15) is 0 Å². The number of benzene rings is 2. The van der Waals surface area contributed by atoms with Crippen LogP contribution in [-0.4, -0.2) is 38.9 Å². The van der Waals surface area contributed by atoms with E-state index in [1.807, 2.05) is 9.47 Å². The average molecular weight is 438 g/mol. The standard InChI is InChI=1S/C24H24F2N4O2/c25-17-10-15(11-18(26)13-17)14-27-23(31)16-6-7-21-20(12-16)28-22-24(32)29(8-9-30(21)22)19-4-2-1-3-5-19/h6-7,10-13,19H,1-5,8-9,14H2,(H,27,31). The Bertz CT molecular complexity index is 1180. The molecular weight excluding hydrogens is 414 g/mol. The lowest BCUT2D eigenvalue weighted by Crippen LogP contribution is -2.47. The number of aromatic nitrogens is 2. The molecule has 2 aliphatic rings. The number of carbonyl (C=O) groups is 2. The van der Waals surface area contributed by atoms with E-state index in [9.17, 15) is 18.4 Å². The van der Waals surface area contributed by atoms with Crippen molar-refractivity contribution in [2.75, 3.05) is 6.54 Å². The van der Waals surface area contributed by atoms with Gasteiger partial charge < -0.3 is 14.8 Å². The predicted molar refractivity (Wildman–Crippen MR) is 115 cm³/mol. The molecule has 166 valence electrons. The zero-order valence-electron chi connectivity index (χ0n) is 17.6. The highest BCUT2D eigenvalue weighted by Crippen LogP contribution is 2.28. The van der Waals surface area contributed by atoms with E-state index < -0.39 is 11.6 Å². The van der Waals surface area contributed by atoms with E-state index in [1.54, 1.807) is 18.2 Å². The van der Waals surface area contributed by atoms with Crippen molar-refractivity contribution in [1.82, 2.24) is 19.8 Å². The monoisotopic (exact) mass is 438 g/mol. The Hall–Kier alpha value is -3.29. The van der Waals surface area contributed by atoms with Crippen molar-refractivity contribution in [2.45, 2.75) is 51.2 Å². The second-order valence-corrected chi connectivity index (χ2v) is 8.54. The Balaban J connectivity index is 1.35. The van der Waals surface area contributed by atoms with Gasteiger partial charge in [-0.3, -0.25) is 9.59 Å². The zero-order chi connectivity index (χ0) is 22.2. The third-order valence-corrected chi connectivity index (χ3v) is 6.42. The van der Waals surface area contributed by atoms with Crippen LogP contribution in [0.25, 0.3) is 11.0 Å². The maximum Gasteiger partial charge on any atom is 0.290 e. The van der Waals surface area contributed by atoms with Gasteiger partial charge in [0.2, 0.25) is 0 Å². The summed E-state index contributed by atoms with van der Waals surface area (Å²) in [5.41, 5.74) is 2.12. The molecule has 5 rings (SSSR count). The molecule has 8 heteroatoms. The van der Waals surface area contributed by atoms with E-state index in [-0.39, 0.29) is 18.4 Å². The first-order chi connectivity index (χ1) is 15.5. The Morgan fingerprint density at radius 2 is 1.78 bits per heavy atom. The summed E-state index contributed by atoms with van der Waals surface area (Å²) in [6.07, 6.45) is 5.64. The number of amides is 2. The van der Waals surface area contributed by atoms with Gasteiger partial charge in [0.1, 0.15) is 11.6 Å². The molecule has 0 saturated heterocycles. The molecule has 1 fully saturated rings. The molecule has 0 bridgehead atoms. The summed E-state index contributed by atoms with van der Waals surface area (Å²) in [5.74, 6) is -1.38. The number of fused-ring (bicyclic) bond motifs is 3. The molecule has 3 aromatic rings. The fourth-order valence-electron chi connectivity index (χ4n) is 4.84. The van der Waals surface area contributed by atoms with Gasteiger partial charge in [-0.25, -0.2) is 13.8 Å². The van der Waals surface area contributed by atoms with Crippen LogP contribution in [0.2, 0.25) is 0 Å². The van der Waals surface area contributed by atoms with Crippen molar-refractivity contribution >= 4 is 22.8 Å². The van der Waals surface area contributed by atoms with Crippen LogP contribution < -0.4 is 5.32 Å². The van der Waals surface area contributed by atoms with Gasteiger partial charge in [-0.05, 0) is 48.7 Å². The highest BCUT2D eigenvalue weighted by Gasteiger charge is 2.33. The van der Waals surface area contributed by atoms with Crippen LogP contribution in [0, 0.1) is 11.6 Å². The third-order valence-electron chi connectivity index (χ3n) is 6.42. The minimum absolute atomic E-state index is 0.0000747. The topological polar surface area (TPSA) is 67.2 Å². The number of nitrogens with zero attached hydrogens (tertiary/aromatic N) is 3. The molecule has 1 aliphatic heterocycles. The first-order valence-corrected chi connectivity index (χ1v) is 11.0. The second-order valence-electron chi connectivity index (χ2n) is 8.54. The largest absolute Gasteiger partial charge is 0.348 e. The first-order valence-electron chi connectivity index (χ1n) is 11.0. The van der Waals surface area contributed by atoms with Crippen molar-refractivity contribution < 1.29 is 18.4 Å². The van der Waals surface area contributed by atoms with E-state index in [2.05, 4.69) is 10.3 Å². The predicted octanol–water partition coefficient (Wildman–Crippen LogP) is 4.03. The van der Waals surface area contributed by atoms with Gasteiger partial charge >= 0.3 is 0 Å². The summed E-state index contributed by atoms with van der Waals surface area (Å²) in [4.78, 5) is 32.2. The van der Waals surface area contributed by atoms with Crippen LogP contribution in [0.5, 0.6) is 0 Å². The number of nitrogens with one attached hydrogen (secondary N) is 1. The minimum atomic E-state index is -0.689. The Kier molecular flexibility index (Phi) is 5.36. The molecule has 2 heterocycles. The molecule has 1 aliphatic carbocycles. The van der Waals surface area contributed by atoms with Crippen LogP contribution in [0.15, 0.2) is 36.4 Å². The van der Waals surface area contributed by atoms with Crippen LogP contribution in [0.1, 0.15) is 58.6 Å². The van der Waals surface area contributed by atoms with Crippen molar-refractivity contribution in [2.24, 2.45) is 0 Å². The van der Waals surface area contributed by atoms with Gasteiger partial charge in [0.25, 0.3) is 11.8 Å². The highest BCUT2D eigenvalue weighted by atomic mass is 19.1. The molecule has 32 heavy (non-hydrogen) atoms. The molecule has 6 nitrogen and oxygen atoms in total. The zero-order valence-corrected chi connectivity index (χ0v) is 17.6. The summed E-state index contributed by atoms with van der Waals surface area (Å²) in [7, 11) is 0.